The van der Waals surface area contributed by atoms with Crippen molar-refractivity contribution in [1.82, 2.24) is 14.8 Å². The van der Waals surface area contributed by atoms with Crippen molar-refractivity contribution in [2.45, 2.75) is 24.3 Å². The fourth-order valence-electron chi connectivity index (χ4n) is 3.12. The van der Waals surface area contributed by atoms with Crippen molar-refractivity contribution in [3.8, 4) is 11.3 Å². The van der Waals surface area contributed by atoms with Crippen LogP contribution in [0.5, 0.6) is 0 Å². The van der Waals surface area contributed by atoms with Crippen LogP contribution in [0.4, 0.5) is 10.8 Å². The molecule has 0 spiro atoms. The summed E-state index contributed by atoms with van der Waals surface area (Å²) in [6.45, 7) is 3.17. The van der Waals surface area contributed by atoms with Gasteiger partial charge >= 0.3 is 0 Å². The maximum atomic E-state index is 13.1. The predicted molar refractivity (Wildman–Crippen MR) is 131 cm³/mol. The van der Waals surface area contributed by atoms with Gasteiger partial charge in [0.25, 0.3) is 21.5 Å². The van der Waals surface area contributed by atoms with Crippen LogP contribution in [0, 0.1) is 0 Å². The van der Waals surface area contributed by atoms with Gasteiger partial charge in [-0.25, -0.2) is 18.1 Å². The molecule has 0 aliphatic heterocycles. The highest BCUT2D eigenvalue weighted by Crippen LogP contribution is 2.22. The zero-order valence-corrected chi connectivity index (χ0v) is 19.9. The molecule has 34 heavy (non-hydrogen) atoms. The first-order valence-corrected chi connectivity index (χ1v) is 12.5. The minimum atomic E-state index is -3.81. The second-order valence-electron chi connectivity index (χ2n) is 7.81. The largest absolute Gasteiger partial charge is 0.324 e. The van der Waals surface area contributed by atoms with Crippen LogP contribution in [-0.4, -0.2) is 29.1 Å². The zero-order chi connectivity index (χ0) is 24.3. The van der Waals surface area contributed by atoms with Gasteiger partial charge in [-0.2, -0.15) is 5.10 Å². The van der Waals surface area contributed by atoms with Gasteiger partial charge in [-0.05, 0) is 44.2 Å². The molecule has 0 unspecified atom stereocenters. The van der Waals surface area contributed by atoms with Gasteiger partial charge in [-0.1, -0.05) is 30.3 Å². The number of carbonyl (C=O) groups excluding carboxylic acids is 1. The first-order valence-electron chi connectivity index (χ1n) is 10.2. The van der Waals surface area contributed by atoms with Crippen molar-refractivity contribution < 1.29 is 13.2 Å². The van der Waals surface area contributed by atoms with Crippen LogP contribution in [0.25, 0.3) is 11.3 Å². The Morgan fingerprint density at radius 3 is 2.35 bits per heavy atom. The molecule has 2 aromatic heterocycles. The highest BCUT2D eigenvalue weighted by atomic mass is 32.2. The molecule has 0 aliphatic rings. The van der Waals surface area contributed by atoms with E-state index in [1.807, 2.05) is 30.3 Å². The van der Waals surface area contributed by atoms with Gasteiger partial charge in [-0.15, -0.1) is 11.3 Å². The standard InChI is InChI=1S/C23H21N5O4S2/c1-23(2,28-20(29)13-12-19(26-28)16-6-4-3-5-7-16)21(30)25-17-8-10-18(11-9-17)34(31,32)27-22-24-14-15-33-22/h3-15H,1-2H3,(H,24,27)(H,25,30). The quantitative estimate of drug-likeness (QED) is 0.404. The van der Waals surface area contributed by atoms with Crippen LogP contribution >= 0.6 is 11.3 Å². The molecule has 0 radical (unpaired) electrons. The molecule has 0 atom stereocenters. The van der Waals surface area contributed by atoms with E-state index in [0.29, 0.717) is 11.4 Å². The van der Waals surface area contributed by atoms with E-state index in [1.54, 1.807) is 25.3 Å². The van der Waals surface area contributed by atoms with Crippen molar-refractivity contribution in [3.63, 3.8) is 0 Å². The summed E-state index contributed by atoms with van der Waals surface area (Å²) in [7, 11) is -3.81. The molecule has 2 heterocycles. The number of hydrogen-bond donors (Lipinski definition) is 2. The fraction of sp³-hybridized carbons (Fsp3) is 0.130. The van der Waals surface area contributed by atoms with Crippen LogP contribution in [0.2, 0.25) is 0 Å². The molecule has 2 aromatic carbocycles. The third kappa shape index (κ3) is 4.90. The Hall–Kier alpha value is -3.83. The summed E-state index contributed by atoms with van der Waals surface area (Å²) < 4.78 is 28.5. The number of amides is 1. The van der Waals surface area contributed by atoms with Crippen LogP contribution in [0.3, 0.4) is 0 Å². The average Bonchev–Trinajstić information content (AvgIpc) is 3.32. The summed E-state index contributed by atoms with van der Waals surface area (Å²) in [5.41, 5.74) is 0.00555. The Morgan fingerprint density at radius 1 is 1.00 bits per heavy atom. The summed E-state index contributed by atoms with van der Waals surface area (Å²) >= 11 is 1.17. The summed E-state index contributed by atoms with van der Waals surface area (Å²) in [4.78, 5) is 29.5. The number of benzene rings is 2. The third-order valence-electron chi connectivity index (χ3n) is 5.03. The van der Waals surface area contributed by atoms with E-state index in [0.717, 1.165) is 10.2 Å². The number of rotatable bonds is 7. The molecule has 0 fully saturated rings. The number of aromatic nitrogens is 3. The smallest absolute Gasteiger partial charge is 0.267 e. The molecule has 2 N–H and O–H groups in total. The first-order chi connectivity index (χ1) is 16.2. The minimum Gasteiger partial charge on any atom is -0.324 e. The molecule has 9 nitrogen and oxygen atoms in total. The molecule has 174 valence electrons. The Bertz CT molecular complexity index is 1460. The van der Waals surface area contributed by atoms with Crippen LogP contribution < -0.4 is 15.6 Å². The Labute approximate surface area is 200 Å². The number of sulfonamides is 1. The van der Waals surface area contributed by atoms with Gasteiger partial charge in [0.2, 0.25) is 0 Å². The Morgan fingerprint density at radius 2 is 1.71 bits per heavy atom. The number of nitrogens with one attached hydrogen (secondary N) is 2. The lowest BCUT2D eigenvalue weighted by Gasteiger charge is -2.25. The van der Waals surface area contributed by atoms with Crippen LogP contribution in [0.15, 0.2) is 88.0 Å². The minimum absolute atomic E-state index is 0.0217. The molecule has 1 amide bonds. The van der Waals surface area contributed by atoms with E-state index in [2.05, 4.69) is 20.1 Å². The predicted octanol–water partition coefficient (Wildman–Crippen LogP) is 3.54. The molecule has 4 rings (SSSR count). The molecule has 0 saturated carbocycles. The molecular weight excluding hydrogens is 474 g/mol. The number of nitrogens with zero attached hydrogens (tertiary/aromatic N) is 3. The maximum Gasteiger partial charge on any atom is 0.267 e. The van der Waals surface area contributed by atoms with Crippen molar-refractivity contribution in [1.29, 1.82) is 0 Å². The number of thiazole rings is 1. The van der Waals surface area contributed by atoms with Gasteiger partial charge in [-0.3, -0.25) is 14.3 Å². The van der Waals surface area contributed by atoms with Crippen molar-refractivity contribution in [2.75, 3.05) is 10.0 Å². The van der Waals surface area contributed by atoms with Crippen molar-refractivity contribution in [3.05, 3.63) is 88.7 Å². The summed E-state index contributed by atoms with van der Waals surface area (Å²) in [5.74, 6) is -0.483. The maximum absolute atomic E-state index is 13.1. The monoisotopic (exact) mass is 495 g/mol. The van der Waals surface area contributed by atoms with Crippen molar-refractivity contribution >= 4 is 38.1 Å². The lowest BCUT2D eigenvalue weighted by Crippen LogP contribution is -2.47. The molecule has 0 bridgehead atoms. The van der Waals surface area contributed by atoms with Crippen LogP contribution in [0.1, 0.15) is 13.8 Å². The zero-order valence-electron chi connectivity index (χ0n) is 18.3. The lowest BCUT2D eigenvalue weighted by atomic mass is 10.0. The highest BCUT2D eigenvalue weighted by Gasteiger charge is 2.32. The van der Waals surface area contributed by atoms with Gasteiger partial charge < -0.3 is 5.32 Å². The Kier molecular flexibility index (Phi) is 6.31. The van der Waals surface area contributed by atoms with E-state index in [1.165, 1.54) is 47.9 Å². The number of carbonyl (C=O) groups is 1. The van der Waals surface area contributed by atoms with Gasteiger partial charge in [0.05, 0.1) is 10.6 Å². The topological polar surface area (TPSA) is 123 Å². The van der Waals surface area contributed by atoms with E-state index in [4.69, 9.17) is 0 Å². The normalized spacial score (nSPS) is 11.7. The molecule has 0 saturated heterocycles. The van der Waals surface area contributed by atoms with E-state index < -0.39 is 27.0 Å². The SMILES string of the molecule is CC(C)(C(=O)Nc1ccc(S(=O)(=O)Nc2nccs2)cc1)n1nc(-c2ccccc2)ccc1=O. The molecule has 11 heteroatoms. The number of anilines is 2. The van der Waals surface area contributed by atoms with E-state index in [9.17, 15) is 18.0 Å². The summed E-state index contributed by atoms with van der Waals surface area (Å²) in [5, 5.41) is 9.06. The molecular formula is C23H21N5O4S2. The fourth-order valence-corrected chi connectivity index (χ4v) is 4.91. The van der Waals surface area contributed by atoms with Crippen molar-refractivity contribution in [2.24, 2.45) is 0 Å². The first kappa shape index (κ1) is 23.3. The molecule has 4 aromatic rings. The van der Waals surface area contributed by atoms with E-state index >= 15 is 0 Å². The van der Waals surface area contributed by atoms with Gasteiger partial charge in [0.1, 0.15) is 5.54 Å². The van der Waals surface area contributed by atoms with Gasteiger partial charge in [0, 0.05) is 28.9 Å². The van der Waals surface area contributed by atoms with E-state index in [-0.39, 0.29) is 10.0 Å². The van der Waals surface area contributed by atoms with Gasteiger partial charge in [0.15, 0.2) is 5.13 Å². The van der Waals surface area contributed by atoms with Crippen LogP contribution in [-0.2, 0) is 20.4 Å². The summed E-state index contributed by atoms with van der Waals surface area (Å²) in [6, 6.07) is 18.0. The molecule has 0 aliphatic carbocycles. The second-order valence-corrected chi connectivity index (χ2v) is 10.4. The number of hydrogen-bond acceptors (Lipinski definition) is 7. The highest BCUT2D eigenvalue weighted by molar-refractivity contribution is 7.93. The third-order valence-corrected chi connectivity index (χ3v) is 7.20. The summed E-state index contributed by atoms with van der Waals surface area (Å²) in [6.07, 6.45) is 1.50. The Balaban J connectivity index is 1.54. The second kappa shape index (κ2) is 9.20. The lowest BCUT2D eigenvalue weighted by molar-refractivity contribution is -0.123. The average molecular weight is 496 g/mol.